The van der Waals surface area contributed by atoms with E-state index < -0.39 is 0 Å². The molecule has 1 saturated heterocycles. The maximum Gasteiger partial charge on any atom is 0.124 e. The molecule has 0 amide bonds. The third-order valence-electron chi connectivity index (χ3n) is 3.86. The fraction of sp³-hybridized carbons (Fsp3) is 0.529. The standard InChI is InChI=1S/C16H23N3O.CH3.U.H2/c1-11(2)20-16-9-15-13(8-12(16)3)10-19(18-15)14-4-6-17-7-5-14;;;/h8-11,14,17H,4-7H2,1-3H3;1H3;;1H/q;-1;;. The van der Waals surface area contributed by atoms with Crippen molar-refractivity contribution >= 4 is 10.9 Å². The first-order chi connectivity index (χ1) is 9.63. The smallest absolute Gasteiger partial charge is 0.124 e. The zero-order chi connectivity index (χ0) is 14.1. The normalized spacial score (nSPS) is 15.5. The number of rotatable bonds is 3. The van der Waals surface area contributed by atoms with Crippen molar-refractivity contribution in [1.82, 2.24) is 15.1 Å². The monoisotopic (exact) mass is 528 g/mol. The summed E-state index contributed by atoms with van der Waals surface area (Å²) < 4.78 is 7.99. The van der Waals surface area contributed by atoms with Gasteiger partial charge in [-0.2, -0.15) is 5.10 Å². The van der Waals surface area contributed by atoms with Crippen molar-refractivity contribution in [3.05, 3.63) is 31.3 Å². The molecule has 1 aliphatic rings. The molecule has 4 nitrogen and oxygen atoms in total. The molecule has 1 aromatic carbocycles. The molecule has 1 N–H and O–H groups in total. The summed E-state index contributed by atoms with van der Waals surface area (Å²) in [7, 11) is 0. The Bertz CT molecular complexity index is 609. The fourth-order valence-electron chi connectivity index (χ4n) is 2.82. The number of piperidine rings is 1. The van der Waals surface area contributed by atoms with E-state index in [9.17, 15) is 0 Å². The van der Waals surface area contributed by atoms with Crippen molar-refractivity contribution in [3.63, 3.8) is 0 Å². The first-order valence-electron chi connectivity index (χ1n) is 7.50. The van der Waals surface area contributed by atoms with Crippen LogP contribution in [0.3, 0.4) is 0 Å². The van der Waals surface area contributed by atoms with E-state index in [0.29, 0.717) is 6.04 Å². The zero-order valence-corrected chi connectivity index (χ0v) is 18.2. The second-order valence-corrected chi connectivity index (χ2v) is 5.93. The van der Waals surface area contributed by atoms with Gasteiger partial charge in [-0.3, -0.25) is 4.68 Å². The third-order valence-corrected chi connectivity index (χ3v) is 3.86. The van der Waals surface area contributed by atoms with Gasteiger partial charge in [-0.1, -0.05) is 0 Å². The molecular formula is C17H28N3OU-. The van der Waals surface area contributed by atoms with Crippen LogP contribution in [0.5, 0.6) is 5.75 Å². The van der Waals surface area contributed by atoms with Gasteiger partial charge >= 0.3 is 0 Å². The molecule has 1 fully saturated rings. The van der Waals surface area contributed by atoms with Gasteiger partial charge < -0.3 is 17.5 Å². The predicted octanol–water partition coefficient (Wildman–Crippen LogP) is 3.75. The van der Waals surface area contributed by atoms with Gasteiger partial charge in [0.1, 0.15) is 5.75 Å². The molecule has 2 heterocycles. The number of aromatic nitrogens is 2. The van der Waals surface area contributed by atoms with Crippen LogP contribution in [0.4, 0.5) is 0 Å². The van der Waals surface area contributed by atoms with Crippen molar-refractivity contribution in [2.75, 3.05) is 13.1 Å². The summed E-state index contributed by atoms with van der Waals surface area (Å²) in [6, 6.07) is 4.78. The largest absolute Gasteiger partial charge is 0.491 e. The first-order valence-corrected chi connectivity index (χ1v) is 7.50. The Labute approximate surface area is 158 Å². The van der Waals surface area contributed by atoms with Gasteiger partial charge in [0.05, 0.1) is 17.7 Å². The van der Waals surface area contributed by atoms with Gasteiger partial charge in [-0.25, -0.2) is 0 Å². The third kappa shape index (κ3) is 4.28. The summed E-state index contributed by atoms with van der Waals surface area (Å²) in [4.78, 5) is 0. The minimum atomic E-state index is 0. The summed E-state index contributed by atoms with van der Waals surface area (Å²) in [6.45, 7) is 8.37. The summed E-state index contributed by atoms with van der Waals surface area (Å²) in [6.07, 6.45) is 4.68. The Morgan fingerprint density at radius 2 is 2.00 bits per heavy atom. The van der Waals surface area contributed by atoms with Crippen molar-refractivity contribution < 1.29 is 37.3 Å². The van der Waals surface area contributed by atoms with E-state index in [1.54, 1.807) is 0 Å². The van der Waals surface area contributed by atoms with E-state index in [1.807, 2.05) is 0 Å². The minimum absolute atomic E-state index is 0. The average molecular weight is 528 g/mol. The molecule has 0 saturated carbocycles. The Hall–Kier alpha value is -0.498. The van der Waals surface area contributed by atoms with Crippen LogP contribution >= 0.6 is 0 Å². The van der Waals surface area contributed by atoms with Crippen LogP contribution in [-0.4, -0.2) is 29.0 Å². The maximum atomic E-state index is 5.85. The first kappa shape index (κ1) is 19.5. The van der Waals surface area contributed by atoms with E-state index in [4.69, 9.17) is 9.84 Å². The molecule has 0 aliphatic carbocycles. The maximum absolute atomic E-state index is 5.85. The van der Waals surface area contributed by atoms with Gasteiger partial charge in [0, 0.05) is 50.2 Å². The van der Waals surface area contributed by atoms with Crippen molar-refractivity contribution in [2.45, 2.75) is 45.8 Å². The summed E-state index contributed by atoms with van der Waals surface area (Å²) in [5.74, 6) is 0.947. The molecule has 1 aliphatic heterocycles. The van der Waals surface area contributed by atoms with Crippen LogP contribution in [0, 0.1) is 45.5 Å². The molecule has 0 unspecified atom stereocenters. The number of nitrogens with zero attached hydrogens (tertiary/aromatic N) is 2. The molecular weight excluding hydrogens is 500 g/mol. The molecule has 0 radical (unpaired) electrons. The van der Waals surface area contributed by atoms with E-state index in [2.05, 4.69) is 49.1 Å². The van der Waals surface area contributed by atoms with Gasteiger partial charge in [0.15, 0.2) is 0 Å². The van der Waals surface area contributed by atoms with E-state index in [-0.39, 0.29) is 46.1 Å². The van der Waals surface area contributed by atoms with Crippen molar-refractivity contribution in [3.8, 4) is 5.75 Å². The summed E-state index contributed by atoms with van der Waals surface area (Å²) >= 11 is 0. The summed E-state index contributed by atoms with van der Waals surface area (Å²) in [5, 5.41) is 9.36. The van der Waals surface area contributed by atoms with E-state index in [1.165, 1.54) is 10.9 Å². The van der Waals surface area contributed by atoms with Crippen LogP contribution in [-0.2, 0) is 0 Å². The number of hydrogen-bond acceptors (Lipinski definition) is 3. The number of aryl methyl sites for hydroxylation is 1. The number of fused-ring (bicyclic) bond motifs is 1. The van der Waals surface area contributed by atoms with E-state index in [0.717, 1.165) is 37.2 Å². The van der Waals surface area contributed by atoms with E-state index >= 15 is 0 Å². The number of nitrogens with one attached hydrogen (secondary N) is 1. The quantitative estimate of drug-likeness (QED) is 0.618. The molecule has 3 rings (SSSR count). The topological polar surface area (TPSA) is 39.1 Å². The molecule has 0 bridgehead atoms. The average Bonchev–Trinajstić information content (AvgIpc) is 2.82. The SMILES string of the molecule is Cc1cc2cn(C3CCNCC3)nc2cc1OC(C)C.[CH3-].[HH].[U]. The molecule has 2 aromatic rings. The Morgan fingerprint density at radius 3 is 2.64 bits per heavy atom. The fourth-order valence-corrected chi connectivity index (χ4v) is 2.82. The van der Waals surface area contributed by atoms with Crippen molar-refractivity contribution in [1.29, 1.82) is 0 Å². The number of ether oxygens (including phenoxy) is 1. The number of hydrogen-bond donors (Lipinski definition) is 1. The van der Waals surface area contributed by atoms with Gasteiger partial charge in [-0.05, 0) is 58.3 Å². The zero-order valence-electron chi connectivity index (χ0n) is 14.0. The van der Waals surface area contributed by atoms with Crippen LogP contribution in [0.25, 0.3) is 10.9 Å². The second kappa shape index (κ2) is 8.38. The van der Waals surface area contributed by atoms with Crippen LogP contribution in [0.2, 0.25) is 0 Å². The molecule has 0 spiro atoms. The van der Waals surface area contributed by atoms with Crippen molar-refractivity contribution in [2.24, 2.45) is 0 Å². The van der Waals surface area contributed by atoms with Gasteiger partial charge in [0.2, 0.25) is 0 Å². The van der Waals surface area contributed by atoms with Gasteiger partial charge in [-0.15, -0.1) is 0 Å². The number of benzene rings is 1. The van der Waals surface area contributed by atoms with Crippen LogP contribution in [0.1, 0.15) is 39.7 Å². The second-order valence-electron chi connectivity index (χ2n) is 5.93. The van der Waals surface area contributed by atoms with Crippen LogP contribution in [0.15, 0.2) is 18.3 Å². The molecule has 1 aromatic heterocycles. The molecule has 5 heteroatoms. The summed E-state index contributed by atoms with van der Waals surface area (Å²) in [5.41, 5.74) is 2.21. The van der Waals surface area contributed by atoms with Crippen LogP contribution < -0.4 is 10.1 Å². The predicted molar refractivity (Wildman–Crippen MR) is 89.9 cm³/mol. The minimum Gasteiger partial charge on any atom is -0.491 e. The Kier molecular flexibility index (Phi) is 7.45. The molecule has 0 atom stereocenters. The Balaban J connectivity index is 0.00000161. The molecule has 22 heavy (non-hydrogen) atoms. The Morgan fingerprint density at radius 1 is 1.32 bits per heavy atom. The van der Waals surface area contributed by atoms with Gasteiger partial charge in [0.25, 0.3) is 0 Å². The molecule has 122 valence electrons.